The zero-order valence-corrected chi connectivity index (χ0v) is 19.0. The van der Waals surface area contributed by atoms with Crippen LogP contribution in [0.3, 0.4) is 0 Å². The molecule has 2 aromatic carbocycles. The third-order valence-corrected chi connectivity index (χ3v) is 5.79. The van der Waals surface area contributed by atoms with Crippen molar-refractivity contribution in [3.8, 4) is 45.8 Å². The molecule has 0 unspecified atom stereocenters. The topological polar surface area (TPSA) is 209 Å². The van der Waals surface area contributed by atoms with Crippen molar-refractivity contribution >= 4 is 11.0 Å². The molecule has 1 saturated heterocycles. The fourth-order valence-corrected chi connectivity index (χ4v) is 3.87. The van der Waals surface area contributed by atoms with Crippen molar-refractivity contribution in [3.63, 3.8) is 0 Å². The maximum Gasteiger partial charge on any atom is 0.239 e. The highest BCUT2D eigenvalue weighted by molar-refractivity contribution is 5.91. The van der Waals surface area contributed by atoms with Crippen molar-refractivity contribution in [1.29, 1.82) is 0 Å². The first-order valence-electron chi connectivity index (χ1n) is 10.6. The number of phenols is 3. The van der Waals surface area contributed by atoms with Crippen molar-refractivity contribution in [2.45, 2.75) is 30.7 Å². The van der Waals surface area contributed by atoms with E-state index < -0.39 is 65.4 Å². The summed E-state index contributed by atoms with van der Waals surface area (Å²) < 4.78 is 26.6. The van der Waals surface area contributed by atoms with E-state index in [1.165, 1.54) is 32.4 Å². The van der Waals surface area contributed by atoms with Gasteiger partial charge in [-0.25, -0.2) is 0 Å². The second-order valence-electron chi connectivity index (χ2n) is 7.94. The van der Waals surface area contributed by atoms with Gasteiger partial charge in [-0.15, -0.1) is 0 Å². The van der Waals surface area contributed by atoms with Crippen LogP contribution in [0.15, 0.2) is 33.5 Å². The van der Waals surface area contributed by atoms with Crippen LogP contribution in [-0.4, -0.2) is 87.3 Å². The Morgan fingerprint density at radius 2 is 1.64 bits per heavy atom. The quantitative estimate of drug-likeness (QED) is 0.215. The van der Waals surface area contributed by atoms with Gasteiger partial charge in [-0.2, -0.15) is 0 Å². The molecule has 0 aliphatic carbocycles. The van der Waals surface area contributed by atoms with Gasteiger partial charge in [0.1, 0.15) is 35.4 Å². The second-order valence-corrected chi connectivity index (χ2v) is 7.94. The number of hydrogen-bond acceptors (Lipinski definition) is 13. The van der Waals surface area contributed by atoms with Crippen LogP contribution >= 0.6 is 0 Å². The van der Waals surface area contributed by atoms with Crippen LogP contribution in [0.1, 0.15) is 0 Å². The number of hydrogen-bond donors (Lipinski definition) is 7. The molecule has 7 N–H and O–H groups in total. The highest BCUT2D eigenvalue weighted by atomic mass is 16.7. The Kier molecular flexibility index (Phi) is 6.84. The number of ether oxygens (including phenoxy) is 4. The summed E-state index contributed by atoms with van der Waals surface area (Å²) in [4.78, 5) is 13.1. The molecule has 2 heterocycles. The minimum atomic E-state index is -1.80. The average Bonchev–Trinajstić information content (AvgIpc) is 2.86. The predicted molar refractivity (Wildman–Crippen MR) is 120 cm³/mol. The number of phenolic OH excluding ortho intramolecular Hbond substituents is 3. The maximum atomic E-state index is 13.1. The maximum absolute atomic E-state index is 13.1. The molecule has 5 atom stereocenters. The Bertz CT molecular complexity index is 1330. The van der Waals surface area contributed by atoms with Crippen molar-refractivity contribution in [2.24, 2.45) is 0 Å². The Morgan fingerprint density at radius 3 is 2.25 bits per heavy atom. The Hall–Kier alpha value is -3.75. The molecule has 0 saturated carbocycles. The van der Waals surface area contributed by atoms with E-state index in [4.69, 9.17) is 23.4 Å². The van der Waals surface area contributed by atoms with E-state index in [2.05, 4.69) is 0 Å². The summed E-state index contributed by atoms with van der Waals surface area (Å²) in [7, 11) is 2.55. The zero-order chi connectivity index (χ0) is 26.3. The summed E-state index contributed by atoms with van der Waals surface area (Å²) in [6, 6.07) is 5.20. The minimum Gasteiger partial charge on any atom is -0.504 e. The number of methoxy groups -OCH3 is 2. The third-order valence-electron chi connectivity index (χ3n) is 5.79. The van der Waals surface area contributed by atoms with E-state index in [1.54, 1.807) is 0 Å². The average molecular weight is 508 g/mol. The monoisotopic (exact) mass is 508 g/mol. The molecule has 13 nitrogen and oxygen atoms in total. The fourth-order valence-electron chi connectivity index (χ4n) is 3.87. The Morgan fingerprint density at radius 1 is 0.917 bits per heavy atom. The molecule has 13 heteroatoms. The van der Waals surface area contributed by atoms with E-state index in [0.717, 1.165) is 6.07 Å². The van der Waals surface area contributed by atoms with E-state index >= 15 is 0 Å². The highest BCUT2D eigenvalue weighted by Gasteiger charge is 2.45. The van der Waals surface area contributed by atoms with Gasteiger partial charge in [-0.05, 0) is 18.2 Å². The van der Waals surface area contributed by atoms with E-state index in [9.17, 15) is 40.5 Å². The smallest absolute Gasteiger partial charge is 0.239 e. The summed E-state index contributed by atoms with van der Waals surface area (Å²) in [5.74, 6) is -2.90. The van der Waals surface area contributed by atoms with Gasteiger partial charge in [-0.1, -0.05) is 0 Å². The molecular formula is C23H24O13. The van der Waals surface area contributed by atoms with Crippen LogP contribution in [-0.2, 0) is 4.74 Å². The molecule has 1 aliphatic heterocycles. The highest BCUT2D eigenvalue weighted by Crippen LogP contribution is 2.44. The first kappa shape index (κ1) is 25.3. The number of aliphatic hydroxyl groups excluding tert-OH is 4. The number of aromatic hydroxyl groups is 3. The fraction of sp³-hybridized carbons (Fsp3) is 0.348. The normalized spacial score (nSPS) is 24.0. The molecule has 1 fully saturated rings. The van der Waals surface area contributed by atoms with E-state index in [0.29, 0.717) is 0 Å². The first-order chi connectivity index (χ1) is 17.1. The van der Waals surface area contributed by atoms with Gasteiger partial charge < -0.3 is 59.1 Å². The zero-order valence-electron chi connectivity index (χ0n) is 19.0. The molecule has 1 aromatic heterocycles. The lowest BCUT2D eigenvalue weighted by Gasteiger charge is -2.39. The standard InChI is InChI=1S/C23H24O13/c1-32-10-4-3-8(5-9(10)25)21-22(33-2)18(29)14-11(34-21)6-12(15(26)17(14)28)35-23-20(31)19(30)16(27)13(7-24)36-23/h3-6,13,16,19-20,23-28,30-31H,7H2,1-2H3/t13-,16-,19-,20-,23+/m1/s1. The van der Waals surface area contributed by atoms with Crippen LogP contribution in [0.2, 0.25) is 0 Å². The molecule has 36 heavy (non-hydrogen) atoms. The SMILES string of the molecule is COc1ccc(-c2oc3cc(O[C@H]4O[C@H](CO)[C@@H](O)[C@@H](O)[C@H]4O)c(O)c(O)c3c(=O)c2OC)cc1O. The molecule has 0 radical (unpaired) electrons. The van der Waals surface area contributed by atoms with Crippen LogP contribution in [0.25, 0.3) is 22.3 Å². The van der Waals surface area contributed by atoms with Crippen LogP contribution in [0.4, 0.5) is 0 Å². The third kappa shape index (κ3) is 4.12. The lowest BCUT2D eigenvalue weighted by molar-refractivity contribution is -0.277. The Labute approximate surface area is 202 Å². The van der Waals surface area contributed by atoms with Gasteiger partial charge in [0.2, 0.25) is 23.2 Å². The molecule has 1 aliphatic rings. The second kappa shape index (κ2) is 9.72. The van der Waals surface area contributed by atoms with Crippen LogP contribution < -0.4 is 19.6 Å². The lowest BCUT2D eigenvalue weighted by Crippen LogP contribution is -2.60. The first-order valence-corrected chi connectivity index (χ1v) is 10.6. The predicted octanol–water partition coefficient (Wildman–Crippen LogP) is -0.227. The van der Waals surface area contributed by atoms with Gasteiger partial charge in [0.25, 0.3) is 0 Å². The van der Waals surface area contributed by atoms with E-state index in [1.807, 2.05) is 0 Å². The van der Waals surface area contributed by atoms with Crippen LogP contribution in [0.5, 0.6) is 34.5 Å². The number of fused-ring (bicyclic) bond motifs is 1. The summed E-state index contributed by atoms with van der Waals surface area (Å²) in [5, 5.41) is 70.2. The molecular weight excluding hydrogens is 484 g/mol. The summed E-state index contributed by atoms with van der Waals surface area (Å²) in [6.07, 6.45) is -8.18. The molecule has 194 valence electrons. The molecule has 4 rings (SSSR count). The van der Waals surface area contributed by atoms with Gasteiger partial charge in [0.05, 0.1) is 20.8 Å². The minimum absolute atomic E-state index is 0.128. The van der Waals surface area contributed by atoms with Gasteiger partial charge in [0, 0.05) is 11.6 Å². The molecule has 3 aromatic rings. The lowest BCUT2D eigenvalue weighted by atomic mass is 9.99. The largest absolute Gasteiger partial charge is 0.504 e. The molecule has 0 bridgehead atoms. The number of benzene rings is 2. The van der Waals surface area contributed by atoms with Crippen LogP contribution in [0, 0.1) is 0 Å². The van der Waals surface area contributed by atoms with Gasteiger partial charge in [0.15, 0.2) is 28.8 Å². The van der Waals surface area contributed by atoms with Crippen molar-refractivity contribution < 1.29 is 59.1 Å². The number of aliphatic hydroxyl groups is 4. The van der Waals surface area contributed by atoms with Crippen molar-refractivity contribution in [3.05, 3.63) is 34.5 Å². The van der Waals surface area contributed by atoms with E-state index in [-0.39, 0.29) is 34.2 Å². The summed E-state index contributed by atoms with van der Waals surface area (Å²) in [6.45, 7) is -0.716. The Balaban J connectivity index is 1.84. The summed E-state index contributed by atoms with van der Waals surface area (Å²) in [5.41, 5.74) is -0.912. The molecule has 0 amide bonds. The molecule has 0 spiro atoms. The van der Waals surface area contributed by atoms with Gasteiger partial charge >= 0.3 is 0 Å². The number of rotatable bonds is 6. The van der Waals surface area contributed by atoms with Gasteiger partial charge in [-0.3, -0.25) is 4.79 Å². The van der Waals surface area contributed by atoms with Crippen molar-refractivity contribution in [2.75, 3.05) is 20.8 Å². The van der Waals surface area contributed by atoms with Crippen molar-refractivity contribution in [1.82, 2.24) is 0 Å². The summed E-state index contributed by atoms with van der Waals surface area (Å²) >= 11 is 0.